The van der Waals surface area contributed by atoms with Crippen LogP contribution in [-0.2, 0) is 0 Å². The Hall–Kier alpha value is -2.56. The summed E-state index contributed by atoms with van der Waals surface area (Å²) in [5.74, 6) is 2.03. The van der Waals surface area contributed by atoms with E-state index in [0.717, 1.165) is 16.8 Å². The molecule has 5 heteroatoms. The highest BCUT2D eigenvalue weighted by Gasteiger charge is 2.11. The van der Waals surface area contributed by atoms with E-state index in [1.807, 2.05) is 43.5 Å². The molecule has 2 aromatic heterocycles. The minimum Gasteiger partial charge on any atom is -0.493 e. The van der Waals surface area contributed by atoms with Gasteiger partial charge in [0, 0.05) is 11.8 Å². The fourth-order valence-electron chi connectivity index (χ4n) is 2.14. The highest BCUT2D eigenvalue weighted by molar-refractivity contribution is 5.63. The SMILES string of the molecule is COc1ccc(-c2nc3c(C)cccn3n2)cc1OC. The summed E-state index contributed by atoms with van der Waals surface area (Å²) in [5.41, 5.74) is 2.84. The second-order valence-corrected chi connectivity index (χ2v) is 4.46. The minimum atomic E-state index is 0.667. The van der Waals surface area contributed by atoms with E-state index in [9.17, 15) is 0 Å². The average Bonchev–Trinajstić information content (AvgIpc) is 2.92. The number of rotatable bonds is 3. The first kappa shape index (κ1) is 12.5. The minimum absolute atomic E-state index is 0.667. The molecule has 0 aliphatic heterocycles. The molecule has 0 radical (unpaired) electrons. The maximum atomic E-state index is 5.31. The van der Waals surface area contributed by atoms with E-state index in [1.165, 1.54) is 0 Å². The van der Waals surface area contributed by atoms with Crippen LogP contribution in [0, 0.1) is 6.92 Å². The van der Waals surface area contributed by atoms with E-state index < -0.39 is 0 Å². The maximum Gasteiger partial charge on any atom is 0.182 e. The molecule has 0 atom stereocenters. The first-order valence-corrected chi connectivity index (χ1v) is 6.27. The number of pyridine rings is 1. The van der Waals surface area contributed by atoms with Gasteiger partial charge in [-0.2, -0.15) is 0 Å². The molecule has 0 unspecified atom stereocenters. The second kappa shape index (κ2) is 4.85. The van der Waals surface area contributed by atoms with Crippen molar-refractivity contribution in [3.05, 3.63) is 42.1 Å². The Morgan fingerprint density at radius 3 is 2.55 bits per heavy atom. The van der Waals surface area contributed by atoms with Crippen LogP contribution in [0.3, 0.4) is 0 Å². The lowest BCUT2D eigenvalue weighted by atomic mass is 10.2. The molecule has 102 valence electrons. The van der Waals surface area contributed by atoms with Crippen molar-refractivity contribution in [1.82, 2.24) is 14.6 Å². The smallest absolute Gasteiger partial charge is 0.182 e. The number of hydrogen-bond donors (Lipinski definition) is 0. The van der Waals surface area contributed by atoms with Crippen molar-refractivity contribution in [1.29, 1.82) is 0 Å². The number of nitrogens with zero attached hydrogens (tertiary/aromatic N) is 3. The van der Waals surface area contributed by atoms with Gasteiger partial charge in [-0.15, -0.1) is 5.10 Å². The molecular formula is C15H15N3O2. The number of hydrogen-bond acceptors (Lipinski definition) is 4. The van der Waals surface area contributed by atoms with E-state index in [-0.39, 0.29) is 0 Å². The zero-order valence-electron chi connectivity index (χ0n) is 11.6. The highest BCUT2D eigenvalue weighted by atomic mass is 16.5. The lowest BCUT2D eigenvalue weighted by Crippen LogP contribution is -1.91. The molecular weight excluding hydrogens is 254 g/mol. The van der Waals surface area contributed by atoms with Gasteiger partial charge in [0.1, 0.15) is 0 Å². The number of fused-ring (bicyclic) bond motifs is 1. The zero-order valence-corrected chi connectivity index (χ0v) is 11.6. The first-order valence-electron chi connectivity index (χ1n) is 6.27. The van der Waals surface area contributed by atoms with E-state index in [1.54, 1.807) is 18.7 Å². The summed E-state index contributed by atoms with van der Waals surface area (Å²) >= 11 is 0. The van der Waals surface area contributed by atoms with Gasteiger partial charge < -0.3 is 9.47 Å². The third-order valence-electron chi connectivity index (χ3n) is 3.20. The van der Waals surface area contributed by atoms with Gasteiger partial charge in [0.15, 0.2) is 23.0 Å². The molecule has 0 N–H and O–H groups in total. The fourth-order valence-corrected chi connectivity index (χ4v) is 2.14. The van der Waals surface area contributed by atoms with Gasteiger partial charge in [-0.3, -0.25) is 0 Å². The van der Waals surface area contributed by atoms with Crippen LogP contribution >= 0.6 is 0 Å². The van der Waals surface area contributed by atoms with Gasteiger partial charge in [-0.1, -0.05) is 6.07 Å². The third-order valence-corrected chi connectivity index (χ3v) is 3.20. The van der Waals surface area contributed by atoms with E-state index >= 15 is 0 Å². The number of aryl methyl sites for hydroxylation is 1. The first-order chi connectivity index (χ1) is 9.72. The van der Waals surface area contributed by atoms with Gasteiger partial charge >= 0.3 is 0 Å². The maximum absolute atomic E-state index is 5.31. The van der Waals surface area contributed by atoms with Crippen molar-refractivity contribution < 1.29 is 9.47 Å². The summed E-state index contributed by atoms with van der Waals surface area (Å²) in [4.78, 5) is 4.57. The van der Waals surface area contributed by atoms with Crippen LogP contribution in [0.5, 0.6) is 11.5 Å². The topological polar surface area (TPSA) is 48.7 Å². The quantitative estimate of drug-likeness (QED) is 0.733. The molecule has 3 aromatic rings. The summed E-state index contributed by atoms with van der Waals surface area (Å²) in [6.45, 7) is 2.02. The summed E-state index contributed by atoms with van der Waals surface area (Å²) < 4.78 is 12.3. The molecule has 0 aliphatic carbocycles. The van der Waals surface area contributed by atoms with E-state index in [4.69, 9.17) is 9.47 Å². The van der Waals surface area contributed by atoms with Crippen molar-refractivity contribution in [2.75, 3.05) is 14.2 Å². The van der Waals surface area contributed by atoms with Crippen LogP contribution in [-0.4, -0.2) is 28.8 Å². The lowest BCUT2D eigenvalue weighted by Gasteiger charge is -2.07. The monoisotopic (exact) mass is 269 g/mol. The van der Waals surface area contributed by atoms with Crippen LogP contribution in [0.15, 0.2) is 36.5 Å². The predicted octanol–water partition coefficient (Wildman–Crippen LogP) is 2.72. The van der Waals surface area contributed by atoms with Gasteiger partial charge in [0.05, 0.1) is 14.2 Å². The molecule has 20 heavy (non-hydrogen) atoms. The summed E-state index contributed by atoms with van der Waals surface area (Å²) in [7, 11) is 3.23. The molecule has 0 fully saturated rings. The Morgan fingerprint density at radius 2 is 1.85 bits per heavy atom. The predicted molar refractivity (Wildman–Crippen MR) is 76.3 cm³/mol. The zero-order chi connectivity index (χ0) is 14.1. The van der Waals surface area contributed by atoms with Gasteiger partial charge in [-0.05, 0) is 36.8 Å². The molecule has 0 spiro atoms. The number of methoxy groups -OCH3 is 2. The van der Waals surface area contributed by atoms with Crippen molar-refractivity contribution in [2.24, 2.45) is 0 Å². The molecule has 2 heterocycles. The van der Waals surface area contributed by atoms with Gasteiger partial charge in [0.2, 0.25) is 0 Å². The van der Waals surface area contributed by atoms with Crippen LogP contribution in [0.25, 0.3) is 17.0 Å². The number of aromatic nitrogens is 3. The molecule has 0 bridgehead atoms. The number of ether oxygens (including phenoxy) is 2. The van der Waals surface area contributed by atoms with Gasteiger partial charge in [-0.25, -0.2) is 9.50 Å². The molecule has 0 aliphatic rings. The Balaban J connectivity index is 2.13. The molecule has 5 nitrogen and oxygen atoms in total. The van der Waals surface area contributed by atoms with Crippen LogP contribution < -0.4 is 9.47 Å². The van der Waals surface area contributed by atoms with Crippen molar-refractivity contribution in [3.63, 3.8) is 0 Å². The molecule has 3 rings (SSSR count). The Labute approximate surface area is 116 Å². The van der Waals surface area contributed by atoms with Crippen molar-refractivity contribution in [3.8, 4) is 22.9 Å². The lowest BCUT2D eigenvalue weighted by molar-refractivity contribution is 0.355. The summed E-state index contributed by atoms with van der Waals surface area (Å²) in [6.07, 6.45) is 1.89. The second-order valence-electron chi connectivity index (χ2n) is 4.46. The molecule has 0 saturated carbocycles. The third kappa shape index (κ3) is 1.97. The Kier molecular flexibility index (Phi) is 3.02. The average molecular weight is 269 g/mol. The highest BCUT2D eigenvalue weighted by Crippen LogP contribution is 2.31. The Morgan fingerprint density at radius 1 is 1.05 bits per heavy atom. The standard InChI is InChI=1S/C15H15N3O2/c1-10-5-4-8-18-15(10)16-14(17-18)11-6-7-12(19-2)13(9-11)20-3/h4-9H,1-3H3. The normalized spacial score (nSPS) is 10.8. The largest absolute Gasteiger partial charge is 0.493 e. The summed E-state index contributed by atoms with van der Waals surface area (Å²) in [6, 6.07) is 9.62. The van der Waals surface area contributed by atoms with E-state index in [2.05, 4.69) is 10.1 Å². The fraction of sp³-hybridized carbons (Fsp3) is 0.200. The Bertz CT molecular complexity index is 765. The molecule has 0 amide bonds. The van der Waals surface area contributed by atoms with Crippen LogP contribution in [0.1, 0.15) is 5.56 Å². The molecule has 1 aromatic carbocycles. The van der Waals surface area contributed by atoms with Crippen molar-refractivity contribution >= 4 is 5.65 Å². The van der Waals surface area contributed by atoms with Crippen LogP contribution in [0.2, 0.25) is 0 Å². The molecule has 0 saturated heterocycles. The van der Waals surface area contributed by atoms with Crippen LogP contribution in [0.4, 0.5) is 0 Å². The summed E-state index contributed by atoms with van der Waals surface area (Å²) in [5, 5.41) is 4.48. The van der Waals surface area contributed by atoms with Gasteiger partial charge in [0.25, 0.3) is 0 Å². The number of benzene rings is 1. The van der Waals surface area contributed by atoms with E-state index in [0.29, 0.717) is 17.3 Å². The van der Waals surface area contributed by atoms with Crippen molar-refractivity contribution in [2.45, 2.75) is 6.92 Å².